The molecule has 1 aromatic carbocycles. The number of hydrogen-bond acceptors (Lipinski definition) is 7. The molecule has 5 rings (SSSR count). The van der Waals surface area contributed by atoms with Crippen molar-refractivity contribution in [2.24, 2.45) is 0 Å². The molecule has 2 bridgehead atoms. The lowest BCUT2D eigenvalue weighted by molar-refractivity contribution is -0.137. The zero-order valence-corrected chi connectivity index (χ0v) is 18.3. The van der Waals surface area contributed by atoms with Gasteiger partial charge in [-0.05, 0) is 37.5 Å². The number of methoxy groups -OCH3 is 1. The van der Waals surface area contributed by atoms with Gasteiger partial charge in [0.15, 0.2) is 5.82 Å². The fourth-order valence-corrected chi connectivity index (χ4v) is 4.92. The predicted octanol–water partition coefficient (Wildman–Crippen LogP) is 3.83. The first-order chi connectivity index (χ1) is 16.1. The highest BCUT2D eigenvalue weighted by Gasteiger charge is 2.39. The summed E-state index contributed by atoms with van der Waals surface area (Å²) in [7, 11) is 1.29. The summed E-state index contributed by atoms with van der Waals surface area (Å²) >= 11 is 0. The van der Waals surface area contributed by atoms with Crippen LogP contribution < -0.4 is 20.7 Å². The van der Waals surface area contributed by atoms with Crippen molar-refractivity contribution < 1.29 is 26.7 Å². The quantitative estimate of drug-likeness (QED) is 0.551. The summed E-state index contributed by atoms with van der Waals surface area (Å²) in [5.74, 6) is -2.55. The van der Waals surface area contributed by atoms with E-state index >= 15 is 8.78 Å². The molecule has 12 heteroatoms. The molecule has 0 aliphatic carbocycles. The van der Waals surface area contributed by atoms with E-state index in [-0.39, 0.29) is 46.2 Å². The monoisotopic (exact) mass is 480 g/mol. The molecule has 0 amide bonds. The van der Waals surface area contributed by atoms with E-state index in [1.165, 1.54) is 7.11 Å². The Morgan fingerprint density at radius 2 is 1.76 bits per heavy atom. The molecule has 7 nitrogen and oxygen atoms in total. The lowest BCUT2D eigenvalue weighted by Crippen LogP contribution is -2.51. The number of rotatable bonds is 3. The molecule has 34 heavy (non-hydrogen) atoms. The number of aryl methyl sites for hydroxylation is 1. The van der Waals surface area contributed by atoms with Gasteiger partial charge in [-0.15, -0.1) is 0 Å². The smallest absolute Gasteiger partial charge is 0.418 e. The molecule has 3 N–H and O–H groups in total. The summed E-state index contributed by atoms with van der Waals surface area (Å²) in [4.78, 5) is 13.9. The maximum Gasteiger partial charge on any atom is 0.418 e. The van der Waals surface area contributed by atoms with Gasteiger partial charge >= 0.3 is 12.2 Å². The number of nitrogen functional groups attached to an aromatic ring is 1. The van der Waals surface area contributed by atoms with E-state index in [0.29, 0.717) is 13.1 Å². The van der Waals surface area contributed by atoms with Crippen LogP contribution in [0.5, 0.6) is 6.01 Å². The van der Waals surface area contributed by atoms with E-state index < -0.39 is 34.6 Å². The summed E-state index contributed by atoms with van der Waals surface area (Å²) in [6, 6.07) is 2.19. The number of nitrogens with zero attached hydrogens (tertiary/aromatic N) is 4. The highest BCUT2D eigenvalue weighted by molar-refractivity contribution is 5.94. The summed E-state index contributed by atoms with van der Waals surface area (Å²) < 4.78 is 77.8. The van der Waals surface area contributed by atoms with E-state index in [9.17, 15) is 13.2 Å². The van der Waals surface area contributed by atoms with Crippen LogP contribution in [0.4, 0.5) is 33.6 Å². The summed E-state index contributed by atoms with van der Waals surface area (Å²) in [5.41, 5.74) is 1.83. The van der Waals surface area contributed by atoms with E-state index in [2.05, 4.69) is 20.3 Å². The fourth-order valence-electron chi connectivity index (χ4n) is 4.92. The Balaban J connectivity index is 1.76. The van der Waals surface area contributed by atoms with Crippen LogP contribution in [0.2, 0.25) is 0 Å². The second kappa shape index (κ2) is 7.90. The minimum atomic E-state index is -4.91. The van der Waals surface area contributed by atoms with Crippen molar-refractivity contribution in [3.05, 3.63) is 34.9 Å². The molecular formula is C22H21F5N6O. The van der Waals surface area contributed by atoms with Crippen LogP contribution in [0.25, 0.3) is 22.2 Å². The third kappa shape index (κ3) is 3.65. The van der Waals surface area contributed by atoms with E-state index in [1.54, 1.807) is 0 Å². The molecule has 4 heterocycles. The second-order valence-corrected chi connectivity index (χ2v) is 8.61. The van der Waals surface area contributed by atoms with Crippen LogP contribution >= 0.6 is 0 Å². The largest absolute Gasteiger partial charge is 0.467 e. The predicted molar refractivity (Wildman–Crippen MR) is 116 cm³/mol. The summed E-state index contributed by atoms with van der Waals surface area (Å²) in [6.07, 6.45) is -2.98. The fraction of sp³-hybridized carbons (Fsp3) is 0.409. The maximum absolute atomic E-state index is 15.8. The number of fused-ring (bicyclic) bond motifs is 3. The Kier molecular flexibility index (Phi) is 5.23. The SMILES string of the molecule is COc1nc(N2CC3CCC(C2)N3)c2cc(F)c(-c3nc(N)cc(C)c3C(F)(F)F)c(F)c2n1. The van der Waals surface area contributed by atoms with Gasteiger partial charge in [-0.3, -0.25) is 0 Å². The summed E-state index contributed by atoms with van der Waals surface area (Å²) in [6.45, 7) is 2.28. The lowest BCUT2D eigenvalue weighted by atomic mass is 9.98. The Bertz CT molecular complexity index is 1290. The van der Waals surface area contributed by atoms with E-state index in [0.717, 1.165) is 31.9 Å². The average Bonchev–Trinajstić information content (AvgIpc) is 3.09. The number of ether oxygens (including phenoxy) is 1. The van der Waals surface area contributed by atoms with Crippen molar-refractivity contribution in [2.45, 2.75) is 38.0 Å². The maximum atomic E-state index is 15.8. The Hall–Kier alpha value is -3.28. The summed E-state index contributed by atoms with van der Waals surface area (Å²) in [5, 5.41) is 3.50. The first-order valence-electron chi connectivity index (χ1n) is 10.7. The van der Waals surface area contributed by atoms with Crippen molar-refractivity contribution in [1.82, 2.24) is 20.3 Å². The second-order valence-electron chi connectivity index (χ2n) is 8.61. The number of nitrogens with two attached hydrogens (primary N) is 1. The van der Waals surface area contributed by atoms with E-state index in [1.807, 2.05) is 4.90 Å². The number of benzene rings is 1. The Morgan fingerprint density at radius 3 is 2.38 bits per heavy atom. The minimum absolute atomic E-state index is 0.0371. The molecule has 2 aliphatic heterocycles. The Labute approximate surface area is 191 Å². The molecule has 2 fully saturated rings. The van der Waals surface area contributed by atoms with Gasteiger partial charge in [0.05, 0.1) is 23.9 Å². The molecule has 2 atom stereocenters. The highest BCUT2D eigenvalue weighted by Crippen LogP contribution is 2.43. The van der Waals surface area contributed by atoms with Crippen molar-refractivity contribution in [3.63, 3.8) is 0 Å². The van der Waals surface area contributed by atoms with Gasteiger partial charge in [-0.1, -0.05) is 0 Å². The number of piperazine rings is 1. The van der Waals surface area contributed by atoms with Crippen LogP contribution in [0, 0.1) is 18.6 Å². The molecule has 2 unspecified atom stereocenters. The van der Waals surface area contributed by atoms with Crippen molar-refractivity contribution >= 4 is 22.5 Å². The van der Waals surface area contributed by atoms with Crippen molar-refractivity contribution in [2.75, 3.05) is 30.8 Å². The van der Waals surface area contributed by atoms with E-state index in [4.69, 9.17) is 10.5 Å². The standard InChI is InChI=1S/C22H21F5N6O/c1-9-5-14(28)30-19(16(9)22(25,26)27)15-13(23)6-12-18(17(15)24)31-21(34-2)32-20(12)33-7-10-3-4-11(8-33)29-10/h5-6,10-11,29H,3-4,7-8H2,1-2H3,(H2,28,30). The highest BCUT2D eigenvalue weighted by atomic mass is 19.4. The van der Waals surface area contributed by atoms with Gasteiger partial charge in [0.25, 0.3) is 0 Å². The number of alkyl halides is 3. The molecule has 0 radical (unpaired) electrons. The third-order valence-corrected chi connectivity index (χ3v) is 6.30. The zero-order valence-electron chi connectivity index (χ0n) is 18.3. The van der Waals surface area contributed by atoms with Crippen molar-refractivity contribution in [1.29, 1.82) is 0 Å². The molecule has 0 saturated carbocycles. The number of pyridine rings is 1. The molecule has 2 aliphatic rings. The third-order valence-electron chi connectivity index (χ3n) is 6.30. The molecule has 3 aromatic rings. The van der Waals surface area contributed by atoms with Gasteiger partial charge in [0, 0.05) is 30.6 Å². The van der Waals surface area contributed by atoms with Gasteiger partial charge < -0.3 is 20.7 Å². The first kappa shape index (κ1) is 22.5. The molecule has 180 valence electrons. The molecular weight excluding hydrogens is 459 g/mol. The topological polar surface area (TPSA) is 89.2 Å². The number of anilines is 2. The van der Waals surface area contributed by atoms with Crippen molar-refractivity contribution in [3.8, 4) is 17.3 Å². The van der Waals surface area contributed by atoms with Crippen LogP contribution in [0.3, 0.4) is 0 Å². The van der Waals surface area contributed by atoms with Gasteiger partial charge in [-0.25, -0.2) is 13.8 Å². The van der Waals surface area contributed by atoms with Crippen LogP contribution in [0.1, 0.15) is 24.0 Å². The zero-order chi connectivity index (χ0) is 24.4. The molecule has 2 aromatic heterocycles. The Morgan fingerprint density at radius 1 is 1.09 bits per heavy atom. The lowest BCUT2D eigenvalue weighted by Gasteiger charge is -2.34. The number of nitrogens with one attached hydrogen (secondary N) is 1. The normalized spacial score (nSPS) is 20.3. The van der Waals surface area contributed by atoms with Gasteiger partial charge in [0.1, 0.15) is 23.0 Å². The molecule has 2 saturated heterocycles. The van der Waals surface area contributed by atoms with Crippen LogP contribution in [0.15, 0.2) is 12.1 Å². The number of aromatic nitrogens is 3. The molecule has 0 spiro atoms. The first-order valence-corrected chi connectivity index (χ1v) is 10.7. The van der Waals surface area contributed by atoms with Crippen LogP contribution in [-0.2, 0) is 6.18 Å². The average molecular weight is 480 g/mol. The minimum Gasteiger partial charge on any atom is -0.467 e. The van der Waals surface area contributed by atoms with Gasteiger partial charge in [0.2, 0.25) is 0 Å². The van der Waals surface area contributed by atoms with Gasteiger partial charge in [-0.2, -0.15) is 23.1 Å². The van der Waals surface area contributed by atoms with Crippen LogP contribution in [-0.4, -0.2) is 47.2 Å². The number of hydrogen-bond donors (Lipinski definition) is 2. The number of halogens is 5.